The molecule has 2 N–H and O–H groups in total. The Hall–Kier alpha value is -1.83. The number of aromatic nitrogens is 4. The maximum absolute atomic E-state index is 11.7. The fraction of sp³-hybridized carbons (Fsp3) is 0.143. The molecule has 0 radical (unpaired) electrons. The van der Waals surface area contributed by atoms with Crippen molar-refractivity contribution in [3.05, 3.63) is 24.9 Å². The van der Waals surface area contributed by atoms with Gasteiger partial charge in [0.2, 0.25) is 5.95 Å². The van der Waals surface area contributed by atoms with Gasteiger partial charge >= 0.3 is 0 Å². The number of H-pyrrole nitrogens is 1. The van der Waals surface area contributed by atoms with Crippen LogP contribution < -0.4 is 4.72 Å². The van der Waals surface area contributed by atoms with Crippen LogP contribution in [0.25, 0.3) is 0 Å². The zero-order valence-corrected chi connectivity index (χ0v) is 8.69. The second-order valence-electron chi connectivity index (χ2n) is 2.92. The van der Waals surface area contributed by atoms with Crippen molar-refractivity contribution >= 4 is 16.0 Å². The molecule has 80 valence electrons. The summed E-state index contributed by atoms with van der Waals surface area (Å²) in [6.45, 7) is 0. The highest BCUT2D eigenvalue weighted by molar-refractivity contribution is 7.92. The van der Waals surface area contributed by atoms with E-state index in [2.05, 4.69) is 19.7 Å². The molecule has 0 bridgehead atoms. The summed E-state index contributed by atoms with van der Waals surface area (Å²) in [5.74, 6) is 0.167. The molecule has 8 heteroatoms. The molecule has 0 spiro atoms. The number of rotatable bonds is 3. The van der Waals surface area contributed by atoms with Crippen LogP contribution in [0.2, 0.25) is 0 Å². The van der Waals surface area contributed by atoms with Gasteiger partial charge < -0.3 is 9.55 Å². The second kappa shape index (κ2) is 3.39. The molecule has 0 aliphatic carbocycles. The monoisotopic (exact) mass is 227 g/mol. The summed E-state index contributed by atoms with van der Waals surface area (Å²) in [4.78, 5) is 10.1. The van der Waals surface area contributed by atoms with E-state index in [9.17, 15) is 8.42 Å². The standard InChI is InChI=1S/C7H9N5O2S/c1-12-4-6(10-5-12)15(13,14)11-7-8-2-3-9-7/h2-5H,1H3,(H2,8,9,11). The molecular weight excluding hydrogens is 218 g/mol. The summed E-state index contributed by atoms with van der Waals surface area (Å²) in [7, 11) is -1.94. The number of hydrogen-bond donors (Lipinski definition) is 2. The van der Waals surface area contributed by atoms with Gasteiger partial charge in [-0.3, -0.25) is 0 Å². The molecule has 7 nitrogen and oxygen atoms in total. The van der Waals surface area contributed by atoms with E-state index < -0.39 is 10.0 Å². The molecule has 0 fully saturated rings. The van der Waals surface area contributed by atoms with Crippen LogP contribution in [0.5, 0.6) is 0 Å². The van der Waals surface area contributed by atoms with Crippen LogP contribution in [0.4, 0.5) is 5.95 Å². The van der Waals surface area contributed by atoms with Crippen LogP contribution in [-0.4, -0.2) is 27.9 Å². The first kappa shape index (κ1) is 9.71. The maximum atomic E-state index is 11.7. The molecule has 2 rings (SSSR count). The first-order valence-corrected chi connectivity index (χ1v) is 5.56. The molecule has 0 aliphatic heterocycles. The number of sulfonamides is 1. The van der Waals surface area contributed by atoms with E-state index in [4.69, 9.17) is 0 Å². The average Bonchev–Trinajstić information content (AvgIpc) is 2.75. The van der Waals surface area contributed by atoms with Crippen molar-refractivity contribution in [1.29, 1.82) is 0 Å². The Morgan fingerprint density at radius 1 is 1.47 bits per heavy atom. The molecule has 0 amide bonds. The molecular formula is C7H9N5O2S. The van der Waals surface area contributed by atoms with Gasteiger partial charge in [0, 0.05) is 25.6 Å². The van der Waals surface area contributed by atoms with Gasteiger partial charge in [-0.05, 0) is 0 Å². The van der Waals surface area contributed by atoms with E-state index in [1.54, 1.807) is 11.6 Å². The van der Waals surface area contributed by atoms with Crippen molar-refractivity contribution in [1.82, 2.24) is 19.5 Å². The van der Waals surface area contributed by atoms with Crippen LogP contribution in [-0.2, 0) is 17.1 Å². The number of nitrogens with zero attached hydrogens (tertiary/aromatic N) is 3. The number of aromatic amines is 1. The number of aryl methyl sites for hydroxylation is 1. The molecule has 0 atom stereocenters. The number of nitrogens with one attached hydrogen (secondary N) is 2. The van der Waals surface area contributed by atoms with Crippen LogP contribution in [0.15, 0.2) is 29.9 Å². The van der Waals surface area contributed by atoms with Gasteiger partial charge in [-0.1, -0.05) is 0 Å². The number of imidazole rings is 2. The summed E-state index contributed by atoms with van der Waals surface area (Å²) in [6, 6.07) is 0. The van der Waals surface area contributed by atoms with Gasteiger partial charge in [0.1, 0.15) is 0 Å². The first-order valence-electron chi connectivity index (χ1n) is 4.08. The SMILES string of the molecule is Cn1cnc(S(=O)(=O)Nc2ncc[nH]2)c1. The lowest BCUT2D eigenvalue weighted by molar-refractivity contribution is 0.597. The fourth-order valence-corrected chi connectivity index (χ4v) is 1.99. The summed E-state index contributed by atoms with van der Waals surface area (Å²) in [5.41, 5.74) is 0. The number of anilines is 1. The van der Waals surface area contributed by atoms with Crippen molar-refractivity contribution < 1.29 is 8.42 Å². The van der Waals surface area contributed by atoms with Gasteiger partial charge in [-0.2, -0.15) is 8.42 Å². The Morgan fingerprint density at radius 3 is 2.80 bits per heavy atom. The summed E-state index contributed by atoms with van der Waals surface area (Å²) in [6.07, 6.45) is 5.80. The predicted molar refractivity (Wildman–Crippen MR) is 52.6 cm³/mol. The summed E-state index contributed by atoms with van der Waals surface area (Å²) in [5, 5.41) is -0.0404. The largest absolute Gasteiger partial charge is 0.339 e. The topological polar surface area (TPSA) is 92.7 Å². The minimum Gasteiger partial charge on any atom is -0.339 e. The smallest absolute Gasteiger partial charge is 0.283 e. The highest BCUT2D eigenvalue weighted by atomic mass is 32.2. The molecule has 0 unspecified atom stereocenters. The second-order valence-corrected chi connectivity index (χ2v) is 4.55. The van der Waals surface area contributed by atoms with E-state index in [1.807, 2.05) is 0 Å². The minimum absolute atomic E-state index is 0.0404. The lowest BCUT2D eigenvalue weighted by atomic mass is 10.9. The van der Waals surface area contributed by atoms with Gasteiger partial charge in [0.05, 0.1) is 6.33 Å². The number of hydrogen-bond acceptors (Lipinski definition) is 4. The van der Waals surface area contributed by atoms with Gasteiger partial charge in [0.25, 0.3) is 10.0 Å². The predicted octanol–water partition coefficient (Wildman–Crippen LogP) is -0.0560. The zero-order chi connectivity index (χ0) is 10.9. The Kier molecular flexibility index (Phi) is 2.19. The van der Waals surface area contributed by atoms with Crippen LogP contribution in [0.1, 0.15) is 0 Å². The third kappa shape index (κ3) is 1.99. The average molecular weight is 227 g/mol. The molecule has 2 aromatic heterocycles. The lowest BCUT2D eigenvalue weighted by Crippen LogP contribution is -2.14. The molecule has 0 aliphatic rings. The molecule has 0 aromatic carbocycles. The first-order chi connectivity index (χ1) is 7.08. The Bertz CT molecular complexity index is 542. The van der Waals surface area contributed by atoms with Crippen LogP contribution >= 0.6 is 0 Å². The van der Waals surface area contributed by atoms with E-state index in [-0.39, 0.29) is 11.0 Å². The molecule has 15 heavy (non-hydrogen) atoms. The molecule has 0 saturated heterocycles. The summed E-state index contributed by atoms with van der Waals surface area (Å²) < 4.78 is 27.1. The lowest BCUT2D eigenvalue weighted by Gasteiger charge is -2.00. The van der Waals surface area contributed by atoms with Gasteiger partial charge in [-0.15, -0.1) is 0 Å². The summed E-state index contributed by atoms with van der Waals surface area (Å²) >= 11 is 0. The van der Waals surface area contributed by atoms with Crippen molar-refractivity contribution in [3.63, 3.8) is 0 Å². The Labute approximate surface area is 86.2 Å². The van der Waals surface area contributed by atoms with Crippen molar-refractivity contribution in [2.45, 2.75) is 5.03 Å². The quantitative estimate of drug-likeness (QED) is 0.768. The van der Waals surface area contributed by atoms with Crippen LogP contribution in [0.3, 0.4) is 0 Å². The molecule has 2 aromatic rings. The van der Waals surface area contributed by atoms with Crippen molar-refractivity contribution in [3.8, 4) is 0 Å². The highest BCUT2D eigenvalue weighted by Gasteiger charge is 2.17. The molecule has 2 heterocycles. The maximum Gasteiger partial charge on any atom is 0.283 e. The Balaban J connectivity index is 2.28. The van der Waals surface area contributed by atoms with E-state index in [1.165, 1.54) is 24.9 Å². The van der Waals surface area contributed by atoms with Gasteiger partial charge in [0.15, 0.2) is 5.03 Å². The van der Waals surface area contributed by atoms with E-state index >= 15 is 0 Å². The van der Waals surface area contributed by atoms with E-state index in [0.717, 1.165) is 0 Å². The van der Waals surface area contributed by atoms with Crippen LogP contribution in [0, 0.1) is 0 Å². The minimum atomic E-state index is -3.64. The van der Waals surface area contributed by atoms with E-state index in [0.29, 0.717) is 0 Å². The third-order valence-corrected chi connectivity index (χ3v) is 2.91. The Morgan fingerprint density at radius 2 is 2.27 bits per heavy atom. The zero-order valence-electron chi connectivity index (χ0n) is 7.88. The van der Waals surface area contributed by atoms with Crippen molar-refractivity contribution in [2.24, 2.45) is 7.05 Å². The van der Waals surface area contributed by atoms with Gasteiger partial charge in [-0.25, -0.2) is 14.7 Å². The molecule has 0 saturated carbocycles. The van der Waals surface area contributed by atoms with Crippen molar-refractivity contribution in [2.75, 3.05) is 4.72 Å². The highest BCUT2D eigenvalue weighted by Crippen LogP contribution is 2.09. The normalized spacial score (nSPS) is 11.5. The third-order valence-electron chi connectivity index (χ3n) is 1.69. The fourth-order valence-electron chi connectivity index (χ4n) is 1.03.